The number of halogens is 2. The molecular weight excluding hydrogens is 306 g/mol. The van der Waals surface area contributed by atoms with Gasteiger partial charge >= 0.3 is 0 Å². The van der Waals surface area contributed by atoms with Crippen molar-refractivity contribution in [1.82, 2.24) is 10.2 Å². The van der Waals surface area contributed by atoms with Gasteiger partial charge in [0, 0.05) is 12.0 Å². The average molecular weight is 320 g/mol. The Morgan fingerprint density at radius 1 is 1.39 bits per heavy atom. The molecule has 120 valence electrons. The van der Waals surface area contributed by atoms with Crippen LogP contribution in [0.25, 0.3) is 0 Å². The molecule has 1 aliphatic heterocycles. The standard InChI is InChI=1S/C15H14F2N4O2/c1-7-14(8(2)20-19-7)18-15(22)13-6-12(21-23-13)10-5-9(16)3-4-11(10)17/h3-5,13H,6H2,1-2H3,(H,18,22)(H,19,20). The van der Waals surface area contributed by atoms with Crippen LogP contribution in [0, 0.1) is 25.5 Å². The molecule has 1 aromatic carbocycles. The topological polar surface area (TPSA) is 79.4 Å². The maximum atomic E-state index is 13.7. The molecular formula is C15H14F2N4O2. The van der Waals surface area contributed by atoms with Gasteiger partial charge < -0.3 is 10.2 Å². The lowest BCUT2D eigenvalue weighted by molar-refractivity contribution is -0.125. The number of amides is 1. The number of aromatic amines is 1. The molecule has 0 spiro atoms. The van der Waals surface area contributed by atoms with Crippen molar-refractivity contribution in [1.29, 1.82) is 0 Å². The molecule has 3 rings (SSSR count). The van der Waals surface area contributed by atoms with Gasteiger partial charge in [0.2, 0.25) is 6.10 Å². The number of carbonyl (C=O) groups is 1. The Kier molecular flexibility index (Phi) is 3.81. The number of aromatic nitrogens is 2. The highest BCUT2D eigenvalue weighted by Crippen LogP contribution is 2.22. The highest BCUT2D eigenvalue weighted by atomic mass is 19.1. The average Bonchev–Trinajstić information content (AvgIpc) is 3.12. The Bertz CT molecular complexity index is 781. The Morgan fingerprint density at radius 3 is 2.87 bits per heavy atom. The normalized spacial score (nSPS) is 16.9. The minimum atomic E-state index is -0.902. The third-order valence-electron chi connectivity index (χ3n) is 3.58. The van der Waals surface area contributed by atoms with Crippen molar-refractivity contribution in [3.63, 3.8) is 0 Å². The number of nitrogens with zero attached hydrogens (tertiary/aromatic N) is 2. The third kappa shape index (κ3) is 2.92. The van der Waals surface area contributed by atoms with Crippen LogP contribution in [0.3, 0.4) is 0 Å². The summed E-state index contributed by atoms with van der Waals surface area (Å²) in [5, 5.41) is 13.1. The summed E-state index contributed by atoms with van der Waals surface area (Å²) in [7, 11) is 0. The highest BCUT2D eigenvalue weighted by Gasteiger charge is 2.31. The maximum absolute atomic E-state index is 13.7. The summed E-state index contributed by atoms with van der Waals surface area (Å²) in [5.74, 6) is -1.62. The van der Waals surface area contributed by atoms with E-state index in [1.54, 1.807) is 13.8 Å². The van der Waals surface area contributed by atoms with Gasteiger partial charge in [0.25, 0.3) is 5.91 Å². The monoisotopic (exact) mass is 320 g/mol. The summed E-state index contributed by atoms with van der Waals surface area (Å²) >= 11 is 0. The molecule has 2 heterocycles. The van der Waals surface area contributed by atoms with Gasteiger partial charge in [-0.15, -0.1) is 0 Å². The number of oxime groups is 1. The van der Waals surface area contributed by atoms with Gasteiger partial charge in [0.05, 0.1) is 22.8 Å². The summed E-state index contributed by atoms with van der Waals surface area (Å²) in [4.78, 5) is 17.3. The minimum Gasteiger partial charge on any atom is -0.382 e. The molecule has 1 atom stereocenters. The fraction of sp³-hybridized carbons (Fsp3) is 0.267. The molecule has 23 heavy (non-hydrogen) atoms. The lowest BCUT2D eigenvalue weighted by atomic mass is 10.0. The highest BCUT2D eigenvalue weighted by molar-refractivity contribution is 6.06. The molecule has 0 radical (unpaired) electrons. The molecule has 0 aliphatic carbocycles. The van der Waals surface area contributed by atoms with E-state index in [2.05, 4.69) is 20.7 Å². The fourth-order valence-electron chi connectivity index (χ4n) is 2.33. The first kappa shape index (κ1) is 15.1. The van der Waals surface area contributed by atoms with Crippen LogP contribution >= 0.6 is 0 Å². The number of anilines is 1. The van der Waals surface area contributed by atoms with Gasteiger partial charge in [0.15, 0.2) is 0 Å². The van der Waals surface area contributed by atoms with Crippen molar-refractivity contribution in [2.45, 2.75) is 26.4 Å². The van der Waals surface area contributed by atoms with Crippen LogP contribution in [0.15, 0.2) is 23.4 Å². The fourth-order valence-corrected chi connectivity index (χ4v) is 2.33. The van der Waals surface area contributed by atoms with E-state index >= 15 is 0 Å². The van der Waals surface area contributed by atoms with Crippen LogP contribution in [0.1, 0.15) is 23.4 Å². The Morgan fingerprint density at radius 2 is 2.17 bits per heavy atom. The molecule has 1 aromatic heterocycles. The van der Waals surface area contributed by atoms with Crippen LogP contribution in [0.4, 0.5) is 14.5 Å². The Balaban J connectivity index is 1.71. The Hall–Kier alpha value is -2.77. The number of H-pyrrole nitrogens is 1. The van der Waals surface area contributed by atoms with Crippen LogP contribution < -0.4 is 5.32 Å². The van der Waals surface area contributed by atoms with Crippen molar-refractivity contribution in [2.75, 3.05) is 5.32 Å². The zero-order valence-corrected chi connectivity index (χ0v) is 12.5. The zero-order valence-electron chi connectivity index (χ0n) is 12.5. The van der Waals surface area contributed by atoms with E-state index in [-0.39, 0.29) is 17.7 Å². The van der Waals surface area contributed by atoms with Gasteiger partial charge in [-0.05, 0) is 32.0 Å². The van der Waals surface area contributed by atoms with E-state index in [1.807, 2.05) is 0 Å². The predicted octanol–water partition coefficient (Wildman–Crippen LogP) is 2.44. The first-order valence-electron chi connectivity index (χ1n) is 6.96. The van der Waals surface area contributed by atoms with E-state index < -0.39 is 23.6 Å². The zero-order chi connectivity index (χ0) is 16.6. The largest absolute Gasteiger partial charge is 0.382 e. The molecule has 1 unspecified atom stereocenters. The summed E-state index contributed by atoms with van der Waals surface area (Å²) in [6.45, 7) is 3.52. The van der Waals surface area contributed by atoms with E-state index in [0.717, 1.165) is 18.2 Å². The van der Waals surface area contributed by atoms with E-state index in [0.29, 0.717) is 17.1 Å². The lowest BCUT2D eigenvalue weighted by Gasteiger charge is -2.09. The molecule has 0 saturated carbocycles. The van der Waals surface area contributed by atoms with Crippen LogP contribution in [-0.2, 0) is 9.63 Å². The van der Waals surface area contributed by atoms with Gasteiger partial charge in [-0.25, -0.2) is 8.78 Å². The van der Waals surface area contributed by atoms with E-state index in [4.69, 9.17) is 4.84 Å². The molecule has 2 aromatic rings. The molecule has 1 amide bonds. The SMILES string of the molecule is Cc1n[nH]c(C)c1NC(=O)C1CC(c2cc(F)ccc2F)=NO1. The van der Waals surface area contributed by atoms with Crippen molar-refractivity contribution < 1.29 is 18.4 Å². The summed E-state index contributed by atoms with van der Waals surface area (Å²) in [5.41, 5.74) is 2.13. The van der Waals surface area contributed by atoms with Gasteiger partial charge in [-0.3, -0.25) is 9.89 Å². The van der Waals surface area contributed by atoms with Crippen molar-refractivity contribution in [2.24, 2.45) is 5.16 Å². The van der Waals surface area contributed by atoms with E-state index in [9.17, 15) is 13.6 Å². The molecule has 0 fully saturated rings. The van der Waals surface area contributed by atoms with Gasteiger partial charge in [-0.2, -0.15) is 5.10 Å². The molecule has 8 heteroatoms. The van der Waals surface area contributed by atoms with Crippen LogP contribution in [-0.4, -0.2) is 27.9 Å². The van der Waals surface area contributed by atoms with Crippen LogP contribution in [0.2, 0.25) is 0 Å². The predicted molar refractivity (Wildman–Crippen MR) is 79.1 cm³/mol. The molecule has 6 nitrogen and oxygen atoms in total. The van der Waals surface area contributed by atoms with Crippen LogP contribution in [0.5, 0.6) is 0 Å². The van der Waals surface area contributed by atoms with Crippen molar-refractivity contribution >= 4 is 17.3 Å². The van der Waals surface area contributed by atoms with Gasteiger partial charge in [-0.1, -0.05) is 5.16 Å². The molecule has 1 aliphatic rings. The van der Waals surface area contributed by atoms with Gasteiger partial charge in [0.1, 0.15) is 11.6 Å². The molecule has 0 saturated heterocycles. The second kappa shape index (κ2) is 5.79. The lowest BCUT2D eigenvalue weighted by Crippen LogP contribution is -2.28. The number of hydrogen-bond acceptors (Lipinski definition) is 4. The van der Waals surface area contributed by atoms with Crippen molar-refractivity contribution in [3.05, 3.63) is 46.8 Å². The summed E-state index contributed by atoms with van der Waals surface area (Å²) < 4.78 is 27.0. The van der Waals surface area contributed by atoms with E-state index in [1.165, 1.54) is 0 Å². The summed E-state index contributed by atoms with van der Waals surface area (Å²) in [6.07, 6.45) is -0.844. The smallest absolute Gasteiger partial charge is 0.268 e. The summed E-state index contributed by atoms with van der Waals surface area (Å²) in [6, 6.07) is 3.06. The number of aryl methyl sites for hydroxylation is 2. The minimum absolute atomic E-state index is 0.00373. The Labute approximate surface area is 130 Å². The molecule has 2 N–H and O–H groups in total. The number of carbonyl (C=O) groups excluding carboxylic acids is 1. The first-order chi connectivity index (χ1) is 11.0. The first-order valence-corrected chi connectivity index (χ1v) is 6.96. The number of nitrogens with one attached hydrogen (secondary N) is 2. The number of benzene rings is 1. The second-order valence-corrected chi connectivity index (χ2v) is 5.26. The third-order valence-corrected chi connectivity index (χ3v) is 3.58. The quantitative estimate of drug-likeness (QED) is 0.911. The number of rotatable bonds is 3. The maximum Gasteiger partial charge on any atom is 0.268 e. The second-order valence-electron chi connectivity index (χ2n) is 5.26. The van der Waals surface area contributed by atoms with Crippen molar-refractivity contribution in [3.8, 4) is 0 Å². The molecule has 0 bridgehead atoms. The number of hydrogen-bond donors (Lipinski definition) is 2.